The van der Waals surface area contributed by atoms with Gasteiger partial charge in [0.05, 0.1) is 30.5 Å². The average Bonchev–Trinajstić information content (AvgIpc) is 3.80. The van der Waals surface area contributed by atoms with E-state index in [1.807, 2.05) is 42.6 Å². The second-order valence-corrected chi connectivity index (χ2v) is 22.5. The monoisotopic (exact) mass is 967 g/mol. The van der Waals surface area contributed by atoms with Crippen molar-refractivity contribution in [2.24, 2.45) is 0 Å². The number of fused-ring (bicyclic) bond motifs is 4. The molecule has 0 amide bonds. The minimum atomic E-state index is -1.23. The molecule has 0 unspecified atom stereocenters. The zero-order chi connectivity index (χ0) is 40.8. The van der Waals surface area contributed by atoms with E-state index in [4.69, 9.17) is 14.4 Å². The van der Waals surface area contributed by atoms with Gasteiger partial charge in [0.15, 0.2) is 0 Å². The van der Waals surface area contributed by atoms with Gasteiger partial charge in [0, 0.05) is 48.6 Å². The molecule has 9 aromatic rings. The molecule has 5 nitrogen and oxygen atoms in total. The van der Waals surface area contributed by atoms with Crippen molar-refractivity contribution in [3.8, 4) is 39.5 Å². The smallest absolute Gasteiger partial charge is 0.216 e. The maximum absolute atomic E-state index is 6.58. The van der Waals surface area contributed by atoms with Crippen LogP contribution in [0.1, 0.15) is 57.4 Å². The van der Waals surface area contributed by atoms with E-state index < -0.39 is 8.07 Å². The molecule has 0 bridgehead atoms. The quantitative estimate of drug-likeness (QED) is 0.123. The van der Waals surface area contributed by atoms with E-state index in [2.05, 4.69) is 174 Å². The summed E-state index contributed by atoms with van der Waals surface area (Å²) in [5.41, 5.74) is 13.1. The van der Waals surface area contributed by atoms with Crippen LogP contribution in [0.3, 0.4) is 0 Å². The Balaban J connectivity index is 0.000000262. The van der Waals surface area contributed by atoms with Crippen LogP contribution in [-0.2, 0) is 25.5 Å². The van der Waals surface area contributed by atoms with Crippen molar-refractivity contribution in [3.63, 3.8) is 0 Å². The van der Waals surface area contributed by atoms with Crippen LogP contribution < -0.4 is 5.19 Å². The van der Waals surface area contributed by atoms with Gasteiger partial charge in [-0.15, -0.1) is 53.6 Å². The number of aryl methyl sites for hydroxylation is 1. The zero-order valence-electron chi connectivity index (χ0n) is 35.3. The Hall–Kier alpha value is -5.46. The minimum absolute atomic E-state index is 0. The first-order valence-corrected chi connectivity index (χ1v) is 23.6. The molecule has 1 radical (unpaired) electrons. The van der Waals surface area contributed by atoms with Gasteiger partial charge in [0.2, 0.25) is 5.71 Å². The summed E-state index contributed by atoms with van der Waals surface area (Å²) >= 11 is 0. The maximum atomic E-state index is 6.58. The first kappa shape index (κ1) is 41.7. The number of nitrogens with zero attached hydrogens (tertiary/aromatic N) is 4. The minimum Gasteiger partial charge on any atom is -0.486 e. The molecule has 0 aliphatic rings. The Morgan fingerprint density at radius 1 is 0.780 bits per heavy atom. The summed E-state index contributed by atoms with van der Waals surface area (Å²) in [5, 5.41) is 3.48. The summed E-state index contributed by atoms with van der Waals surface area (Å²) in [6, 6.07) is 51.0. The van der Waals surface area contributed by atoms with Crippen LogP contribution in [-0.4, -0.2) is 27.6 Å². The largest absolute Gasteiger partial charge is 0.486 e. The molecule has 299 valence electrons. The Bertz CT molecular complexity index is 2880. The summed E-state index contributed by atoms with van der Waals surface area (Å²) in [4.78, 5) is 14.6. The molecule has 0 N–H and O–H groups in total. The van der Waals surface area contributed by atoms with Crippen LogP contribution in [0.25, 0.3) is 72.6 Å². The molecule has 4 heterocycles. The molecular formula is C52H50IrN4OSi-2. The predicted octanol–water partition coefficient (Wildman–Crippen LogP) is 13.3. The third kappa shape index (κ3) is 8.38. The van der Waals surface area contributed by atoms with Gasteiger partial charge < -0.3 is 14.0 Å². The topological polar surface area (TPSA) is 56.7 Å². The number of furan rings is 1. The number of pyridine rings is 2. The summed E-state index contributed by atoms with van der Waals surface area (Å²) in [5.74, 6) is 1.11. The van der Waals surface area contributed by atoms with Crippen molar-refractivity contribution in [1.29, 1.82) is 0 Å². The molecule has 59 heavy (non-hydrogen) atoms. The van der Waals surface area contributed by atoms with Gasteiger partial charge in [-0.25, -0.2) is 4.98 Å². The number of para-hydroxylation sites is 2. The first-order valence-electron chi connectivity index (χ1n) is 20.1. The summed E-state index contributed by atoms with van der Waals surface area (Å²) < 4.78 is 8.85. The normalized spacial score (nSPS) is 11.8. The number of imidazole rings is 1. The van der Waals surface area contributed by atoms with Gasteiger partial charge >= 0.3 is 0 Å². The van der Waals surface area contributed by atoms with Gasteiger partial charge in [-0.2, -0.15) is 0 Å². The number of aromatic nitrogens is 4. The fourth-order valence-electron chi connectivity index (χ4n) is 7.40. The van der Waals surface area contributed by atoms with Crippen LogP contribution in [0.4, 0.5) is 0 Å². The molecule has 0 fully saturated rings. The molecule has 0 spiro atoms. The standard InChI is InChI=1S/C38H34N3O.C14H16NSi.Ir/c1-23(2)30-20-19-27-34-24(3)16-18-28(35(34)42-37(27)40-30)36-39-31-14-10-11-15-33(31)41(36)32-21-17-26(38(4,5)6)22-29(32)25-12-8-7-9-13-25;1-16(2,3)13-9-10-14(15-11-13)12-7-5-4-6-8-12;/h7-17,19-23H,1-6H3;4-7,9-11H,1-3H3;/q2*-1;. The van der Waals surface area contributed by atoms with Crippen molar-refractivity contribution >= 4 is 46.4 Å². The molecular weight excluding hydrogens is 917 g/mol. The van der Waals surface area contributed by atoms with Gasteiger partial charge in [0.1, 0.15) is 0 Å². The number of hydrogen-bond donors (Lipinski definition) is 0. The van der Waals surface area contributed by atoms with Crippen molar-refractivity contribution in [1.82, 2.24) is 19.5 Å². The van der Waals surface area contributed by atoms with Gasteiger partial charge in [0.25, 0.3) is 0 Å². The van der Waals surface area contributed by atoms with Crippen LogP contribution in [0.5, 0.6) is 0 Å². The second-order valence-electron chi connectivity index (χ2n) is 17.5. The number of hydrogen-bond acceptors (Lipinski definition) is 4. The number of rotatable bonds is 6. The van der Waals surface area contributed by atoms with E-state index in [1.165, 1.54) is 10.8 Å². The third-order valence-electron chi connectivity index (χ3n) is 10.8. The van der Waals surface area contributed by atoms with E-state index in [1.54, 1.807) is 0 Å². The molecule has 7 heteroatoms. The van der Waals surface area contributed by atoms with E-state index >= 15 is 0 Å². The summed E-state index contributed by atoms with van der Waals surface area (Å²) in [7, 11) is -1.23. The van der Waals surface area contributed by atoms with Gasteiger partial charge in [-0.05, 0) is 69.7 Å². The Labute approximate surface area is 363 Å². The Morgan fingerprint density at radius 2 is 1.53 bits per heavy atom. The maximum Gasteiger partial charge on any atom is 0.216 e. The van der Waals surface area contributed by atoms with E-state index in [0.717, 1.165) is 78.1 Å². The second kappa shape index (κ2) is 16.7. The third-order valence-corrected chi connectivity index (χ3v) is 12.8. The molecule has 5 aromatic carbocycles. The van der Waals surface area contributed by atoms with Crippen molar-refractivity contribution in [2.45, 2.75) is 72.5 Å². The van der Waals surface area contributed by atoms with Crippen LogP contribution in [0.2, 0.25) is 19.6 Å². The fourth-order valence-corrected chi connectivity index (χ4v) is 8.43. The van der Waals surface area contributed by atoms with Crippen molar-refractivity contribution < 1.29 is 24.5 Å². The molecule has 0 atom stereocenters. The Morgan fingerprint density at radius 3 is 2.20 bits per heavy atom. The van der Waals surface area contributed by atoms with Crippen LogP contribution in [0.15, 0.2) is 138 Å². The van der Waals surface area contributed by atoms with Crippen LogP contribution >= 0.6 is 0 Å². The molecule has 0 saturated heterocycles. The summed E-state index contributed by atoms with van der Waals surface area (Å²) in [6.07, 6.45) is 2.02. The predicted molar refractivity (Wildman–Crippen MR) is 245 cm³/mol. The van der Waals surface area contributed by atoms with Gasteiger partial charge in [-0.1, -0.05) is 133 Å². The molecule has 0 saturated carbocycles. The fraction of sp³-hybridized carbons (Fsp3) is 0.212. The van der Waals surface area contributed by atoms with E-state index in [9.17, 15) is 0 Å². The first-order chi connectivity index (χ1) is 27.8. The SMILES string of the molecule is C[Si](C)(C)c1ccc(-c2[c-]cccc2)nc1.Cc1c[c-]c(-c2nc3ccccc3n2-c2ccc(C(C)(C)C)cc2-c2ccccc2)c2oc3nc(C(C)C)ccc3c12.[Ir]. The molecule has 9 rings (SSSR count). The molecule has 4 aromatic heterocycles. The summed E-state index contributed by atoms with van der Waals surface area (Å²) in [6.45, 7) is 20.2. The van der Waals surface area contributed by atoms with Crippen molar-refractivity contribution in [2.75, 3.05) is 0 Å². The Kier molecular flexibility index (Phi) is 11.8. The molecule has 0 aliphatic carbocycles. The van der Waals surface area contributed by atoms with E-state index in [0.29, 0.717) is 11.6 Å². The average molecular weight is 967 g/mol. The van der Waals surface area contributed by atoms with Crippen LogP contribution in [0, 0.1) is 19.1 Å². The zero-order valence-corrected chi connectivity index (χ0v) is 38.7. The van der Waals surface area contributed by atoms with Crippen molar-refractivity contribution in [3.05, 3.63) is 163 Å². The number of benzene rings is 5. The van der Waals surface area contributed by atoms with Gasteiger partial charge in [-0.3, -0.25) is 4.98 Å². The molecule has 0 aliphatic heterocycles. The van der Waals surface area contributed by atoms with E-state index in [-0.39, 0.29) is 25.5 Å².